The Bertz CT molecular complexity index is 1420. The Morgan fingerprint density at radius 1 is 1.03 bits per heavy atom. The summed E-state index contributed by atoms with van der Waals surface area (Å²) < 4.78 is 1.76. The number of carbonyl (C=O) groups excluding carboxylic acids is 2. The molecule has 1 aromatic carbocycles. The van der Waals surface area contributed by atoms with Gasteiger partial charge in [0.05, 0.1) is 17.3 Å². The van der Waals surface area contributed by atoms with Crippen molar-refractivity contribution >= 4 is 29.2 Å². The van der Waals surface area contributed by atoms with E-state index in [0.717, 1.165) is 42.6 Å². The van der Waals surface area contributed by atoms with Crippen molar-refractivity contribution in [2.45, 2.75) is 46.6 Å². The standard InChI is InChI=1S/C30H32ClN5O2/c1-19-12-21(11-10-20-8-6-5-7-9-20)15-32-27(19)34-28(37)26-25(31)16-33-36(26)24-13-22-17-35(18-23(22)14-24)29(38)30(2,3)4/h5-9,12,15-16,22-24H,13-14,17-18H2,1-4H3,(H,32,34,37)/t22-,23+,24?. The molecule has 196 valence electrons. The predicted molar refractivity (Wildman–Crippen MR) is 148 cm³/mol. The van der Waals surface area contributed by atoms with E-state index in [9.17, 15) is 9.59 Å². The molecule has 2 fully saturated rings. The molecule has 1 aliphatic carbocycles. The second-order valence-electron chi connectivity index (χ2n) is 11.4. The fourth-order valence-electron chi connectivity index (χ4n) is 5.54. The molecule has 2 amide bonds. The largest absolute Gasteiger partial charge is 0.342 e. The number of nitrogens with one attached hydrogen (secondary N) is 1. The molecular formula is C30H32ClN5O2. The first-order chi connectivity index (χ1) is 18.1. The number of pyridine rings is 1. The third kappa shape index (κ3) is 5.32. The maximum atomic E-state index is 13.3. The lowest BCUT2D eigenvalue weighted by Crippen LogP contribution is -2.38. The van der Waals surface area contributed by atoms with Crippen molar-refractivity contribution in [2.75, 3.05) is 18.4 Å². The zero-order valence-electron chi connectivity index (χ0n) is 22.2. The molecule has 8 heteroatoms. The van der Waals surface area contributed by atoms with Gasteiger partial charge in [-0.25, -0.2) is 4.98 Å². The number of hydrogen-bond donors (Lipinski definition) is 1. The second-order valence-corrected chi connectivity index (χ2v) is 11.8. The van der Waals surface area contributed by atoms with Crippen molar-refractivity contribution < 1.29 is 9.59 Å². The summed E-state index contributed by atoms with van der Waals surface area (Å²) in [5.41, 5.74) is 2.46. The minimum atomic E-state index is -0.377. The lowest BCUT2D eigenvalue weighted by molar-refractivity contribution is -0.138. The average Bonchev–Trinajstić information content (AvgIpc) is 3.56. The molecule has 1 unspecified atom stereocenters. The van der Waals surface area contributed by atoms with E-state index >= 15 is 0 Å². The van der Waals surface area contributed by atoms with Crippen molar-refractivity contribution in [2.24, 2.45) is 17.3 Å². The normalized spacial score (nSPS) is 20.6. The number of nitrogens with zero attached hydrogens (tertiary/aromatic N) is 4. The van der Waals surface area contributed by atoms with Crippen LogP contribution < -0.4 is 5.32 Å². The number of halogens is 1. The lowest BCUT2D eigenvalue weighted by atomic mass is 9.95. The molecular weight excluding hydrogens is 498 g/mol. The zero-order valence-corrected chi connectivity index (χ0v) is 22.9. The highest BCUT2D eigenvalue weighted by molar-refractivity contribution is 6.34. The lowest BCUT2D eigenvalue weighted by Gasteiger charge is -2.27. The Morgan fingerprint density at radius 2 is 1.68 bits per heavy atom. The third-order valence-corrected chi connectivity index (χ3v) is 7.68. The van der Waals surface area contributed by atoms with Crippen LogP contribution in [0.25, 0.3) is 0 Å². The van der Waals surface area contributed by atoms with Crippen LogP contribution in [0, 0.1) is 36.0 Å². The number of hydrogen-bond acceptors (Lipinski definition) is 4. The van der Waals surface area contributed by atoms with E-state index < -0.39 is 0 Å². The maximum absolute atomic E-state index is 13.3. The Labute approximate surface area is 228 Å². The summed E-state index contributed by atoms with van der Waals surface area (Å²) in [4.78, 5) is 32.5. The number of benzene rings is 1. The van der Waals surface area contributed by atoms with Gasteiger partial charge in [0, 0.05) is 35.8 Å². The molecule has 2 aromatic heterocycles. The van der Waals surface area contributed by atoms with E-state index in [0.29, 0.717) is 28.4 Å². The quantitative estimate of drug-likeness (QED) is 0.464. The smallest absolute Gasteiger partial charge is 0.276 e. The van der Waals surface area contributed by atoms with Crippen LogP contribution in [0.1, 0.15) is 66.8 Å². The molecule has 1 N–H and O–H groups in total. The monoisotopic (exact) mass is 529 g/mol. The maximum Gasteiger partial charge on any atom is 0.276 e. The third-order valence-electron chi connectivity index (χ3n) is 7.40. The van der Waals surface area contributed by atoms with Gasteiger partial charge < -0.3 is 10.2 Å². The highest BCUT2D eigenvalue weighted by Gasteiger charge is 2.45. The van der Waals surface area contributed by atoms with Crippen LogP contribution >= 0.6 is 11.6 Å². The first-order valence-electron chi connectivity index (χ1n) is 13.0. The number of aromatic nitrogens is 3. The van der Waals surface area contributed by atoms with Gasteiger partial charge in [-0.05, 0) is 55.4 Å². The number of rotatable bonds is 3. The minimum absolute atomic E-state index is 0.0647. The van der Waals surface area contributed by atoms with Gasteiger partial charge in [0.25, 0.3) is 5.91 Å². The van der Waals surface area contributed by atoms with Gasteiger partial charge in [-0.2, -0.15) is 5.10 Å². The van der Waals surface area contributed by atoms with Crippen LogP contribution in [-0.4, -0.2) is 44.6 Å². The van der Waals surface area contributed by atoms with Crippen LogP contribution in [0.5, 0.6) is 0 Å². The summed E-state index contributed by atoms with van der Waals surface area (Å²) in [6.07, 6.45) is 4.91. The van der Waals surface area contributed by atoms with Gasteiger partial charge in [0.15, 0.2) is 0 Å². The summed E-state index contributed by atoms with van der Waals surface area (Å²) in [5.74, 6) is 7.36. The number of aryl methyl sites for hydroxylation is 1. The molecule has 3 atom stereocenters. The Hall–Kier alpha value is -3.63. The molecule has 3 heterocycles. The second kappa shape index (κ2) is 10.3. The topological polar surface area (TPSA) is 80.1 Å². The zero-order chi connectivity index (χ0) is 27.0. The van der Waals surface area contributed by atoms with E-state index in [4.69, 9.17) is 11.6 Å². The van der Waals surface area contributed by atoms with Gasteiger partial charge in [-0.15, -0.1) is 0 Å². The highest BCUT2D eigenvalue weighted by Crippen LogP contribution is 2.45. The Morgan fingerprint density at radius 3 is 2.32 bits per heavy atom. The molecule has 1 saturated carbocycles. The summed E-state index contributed by atoms with van der Waals surface area (Å²) in [5, 5.41) is 7.70. The summed E-state index contributed by atoms with van der Waals surface area (Å²) in [7, 11) is 0. The fourth-order valence-corrected chi connectivity index (χ4v) is 5.76. The SMILES string of the molecule is Cc1cc(C#Cc2ccccc2)cnc1NC(=O)c1c(Cl)cnn1C1C[C@@H]2CN(C(=O)C(C)(C)C)C[C@@H]2C1. The number of likely N-dealkylation sites (tertiary alicyclic amines) is 1. The summed E-state index contributed by atoms with van der Waals surface area (Å²) in [6, 6.07) is 11.7. The van der Waals surface area contributed by atoms with Crippen LogP contribution in [0.4, 0.5) is 5.82 Å². The highest BCUT2D eigenvalue weighted by atomic mass is 35.5. The number of anilines is 1. The number of carbonyl (C=O) groups is 2. The van der Waals surface area contributed by atoms with Crippen LogP contribution in [0.3, 0.4) is 0 Å². The van der Waals surface area contributed by atoms with E-state index in [-0.39, 0.29) is 23.3 Å². The van der Waals surface area contributed by atoms with Crippen molar-refractivity contribution in [1.29, 1.82) is 0 Å². The van der Waals surface area contributed by atoms with Gasteiger partial charge in [-0.1, -0.05) is 62.4 Å². The van der Waals surface area contributed by atoms with Crippen molar-refractivity contribution in [1.82, 2.24) is 19.7 Å². The molecule has 38 heavy (non-hydrogen) atoms. The van der Waals surface area contributed by atoms with Gasteiger partial charge >= 0.3 is 0 Å². The van der Waals surface area contributed by atoms with Gasteiger partial charge in [-0.3, -0.25) is 14.3 Å². The summed E-state index contributed by atoms with van der Waals surface area (Å²) in [6.45, 7) is 9.30. The molecule has 1 aliphatic heterocycles. The molecule has 7 nitrogen and oxygen atoms in total. The van der Waals surface area contributed by atoms with Gasteiger partial charge in [0.2, 0.25) is 5.91 Å². The molecule has 2 aliphatic rings. The van der Waals surface area contributed by atoms with Crippen molar-refractivity contribution in [3.63, 3.8) is 0 Å². The summed E-state index contributed by atoms with van der Waals surface area (Å²) >= 11 is 6.45. The van der Waals surface area contributed by atoms with E-state index in [1.807, 2.05) is 69.0 Å². The van der Waals surface area contributed by atoms with Crippen molar-refractivity contribution in [3.05, 3.63) is 76.2 Å². The van der Waals surface area contributed by atoms with Crippen LogP contribution in [0.2, 0.25) is 5.02 Å². The van der Waals surface area contributed by atoms with E-state index in [2.05, 4.69) is 27.2 Å². The minimum Gasteiger partial charge on any atom is -0.342 e. The first-order valence-corrected chi connectivity index (χ1v) is 13.4. The molecule has 1 saturated heterocycles. The van der Waals surface area contributed by atoms with Gasteiger partial charge in [0.1, 0.15) is 11.5 Å². The average molecular weight is 530 g/mol. The Kier molecular flexibility index (Phi) is 7.02. The molecule has 0 bridgehead atoms. The molecule has 3 aromatic rings. The van der Waals surface area contributed by atoms with Crippen LogP contribution in [0.15, 0.2) is 48.8 Å². The van der Waals surface area contributed by atoms with Crippen molar-refractivity contribution in [3.8, 4) is 11.8 Å². The fraction of sp³-hybridized carbons (Fsp3) is 0.400. The van der Waals surface area contributed by atoms with E-state index in [1.54, 1.807) is 10.9 Å². The first kappa shape index (κ1) is 26.0. The molecule has 5 rings (SSSR count). The predicted octanol–water partition coefficient (Wildman–Crippen LogP) is 5.35. The Balaban J connectivity index is 1.27. The van der Waals surface area contributed by atoms with E-state index in [1.165, 1.54) is 6.20 Å². The molecule has 0 spiro atoms. The number of amides is 2. The van der Waals surface area contributed by atoms with Crippen LogP contribution in [-0.2, 0) is 4.79 Å². The molecule has 0 radical (unpaired) electrons. The number of fused-ring (bicyclic) bond motifs is 1.